The standard InChI is InChI=1S/C23H22N4OS/c1-3-26(16-19-7-5-4-6-8-19)20-11-9-18(10-12-20)15-24-27-17(2)25-22-21(23(27)28)13-14-29-22/h4-15H,3,16H2,1-2H3. The molecule has 0 saturated heterocycles. The fourth-order valence-electron chi connectivity index (χ4n) is 3.23. The molecular weight excluding hydrogens is 380 g/mol. The maximum absolute atomic E-state index is 12.6. The van der Waals surface area contributed by atoms with Crippen LogP contribution in [0.5, 0.6) is 0 Å². The van der Waals surface area contributed by atoms with E-state index in [1.807, 2.05) is 23.6 Å². The van der Waals surface area contributed by atoms with Gasteiger partial charge in [-0.05, 0) is 48.6 Å². The lowest BCUT2D eigenvalue weighted by molar-refractivity contribution is 0.772. The molecule has 4 aromatic rings. The maximum atomic E-state index is 12.6. The minimum absolute atomic E-state index is 0.137. The quantitative estimate of drug-likeness (QED) is 0.440. The van der Waals surface area contributed by atoms with Gasteiger partial charge in [0.25, 0.3) is 5.56 Å². The molecule has 0 atom stereocenters. The van der Waals surface area contributed by atoms with Crippen molar-refractivity contribution in [1.29, 1.82) is 0 Å². The van der Waals surface area contributed by atoms with Crippen molar-refractivity contribution in [2.75, 3.05) is 11.4 Å². The normalized spacial score (nSPS) is 11.4. The van der Waals surface area contributed by atoms with Crippen LogP contribution in [-0.2, 0) is 6.54 Å². The van der Waals surface area contributed by atoms with Crippen molar-refractivity contribution in [3.8, 4) is 0 Å². The summed E-state index contributed by atoms with van der Waals surface area (Å²) < 4.78 is 1.36. The van der Waals surface area contributed by atoms with Crippen molar-refractivity contribution < 1.29 is 0 Å². The number of thiophene rings is 1. The van der Waals surface area contributed by atoms with Crippen LogP contribution in [0.25, 0.3) is 10.2 Å². The highest BCUT2D eigenvalue weighted by molar-refractivity contribution is 7.16. The van der Waals surface area contributed by atoms with E-state index in [1.165, 1.54) is 21.6 Å². The smallest absolute Gasteiger partial charge is 0.282 e. The van der Waals surface area contributed by atoms with Crippen LogP contribution in [0.15, 0.2) is 75.9 Å². The highest BCUT2D eigenvalue weighted by Gasteiger charge is 2.08. The van der Waals surface area contributed by atoms with Gasteiger partial charge in [-0.2, -0.15) is 9.78 Å². The molecule has 5 nitrogen and oxygen atoms in total. The number of benzene rings is 2. The third-order valence-electron chi connectivity index (χ3n) is 4.82. The summed E-state index contributed by atoms with van der Waals surface area (Å²) in [4.78, 5) is 20.1. The molecule has 0 aliphatic carbocycles. The zero-order valence-corrected chi connectivity index (χ0v) is 17.3. The van der Waals surface area contributed by atoms with Gasteiger partial charge in [-0.1, -0.05) is 42.5 Å². The Morgan fingerprint density at radius 1 is 1.10 bits per heavy atom. The predicted octanol–water partition coefficient (Wildman–Crippen LogP) is 4.68. The first-order valence-electron chi connectivity index (χ1n) is 9.56. The van der Waals surface area contributed by atoms with Crippen LogP contribution >= 0.6 is 11.3 Å². The van der Waals surface area contributed by atoms with Crippen molar-refractivity contribution >= 4 is 33.5 Å². The molecule has 0 N–H and O–H groups in total. The Bertz CT molecular complexity index is 1190. The second-order valence-corrected chi connectivity index (χ2v) is 7.65. The minimum atomic E-state index is -0.137. The van der Waals surface area contributed by atoms with E-state index in [2.05, 4.69) is 58.3 Å². The van der Waals surface area contributed by atoms with Crippen LogP contribution in [-0.4, -0.2) is 22.4 Å². The number of nitrogens with zero attached hydrogens (tertiary/aromatic N) is 4. The summed E-state index contributed by atoms with van der Waals surface area (Å²) in [5, 5.41) is 6.85. The van der Waals surface area contributed by atoms with Gasteiger partial charge in [0, 0.05) is 18.8 Å². The van der Waals surface area contributed by atoms with E-state index in [-0.39, 0.29) is 5.56 Å². The molecule has 29 heavy (non-hydrogen) atoms. The van der Waals surface area contributed by atoms with Gasteiger partial charge in [-0.15, -0.1) is 11.3 Å². The molecule has 146 valence electrons. The van der Waals surface area contributed by atoms with Crippen LogP contribution in [0.3, 0.4) is 0 Å². The second kappa shape index (κ2) is 8.41. The Labute approximate surface area is 173 Å². The van der Waals surface area contributed by atoms with Crippen LogP contribution in [0, 0.1) is 6.92 Å². The summed E-state index contributed by atoms with van der Waals surface area (Å²) in [6.07, 6.45) is 1.70. The fraction of sp³-hybridized carbons (Fsp3) is 0.174. The Morgan fingerprint density at radius 3 is 2.59 bits per heavy atom. The molecular formula is C23H22N4OS. The van der Waals surface area contributed by atoms with Crippen molar-refractivity contribution in [2.24, 2.45) is 5.10 Å². The van der Waals surface area contributed by atoms with Gasteiger partial charge in [0.2, 0.25) is 0 Å². The maximum Gasteiger partial charge on any atom is 0.282 e. The number of fused-ring (bicyclic) bond motifs is 1. The molecule has 0 saturated carbocycles. The number of aryl methyl sites for hydroxylation is 1. The second-order valence-electron chi connectivity index (χ2n) is 6.75. The average Bonchev–Trinajstić information content (AvgIpc) is 3.22. The summed E-state index contributed by atoms with van der Waals surface area (Å²) in [7, 11) is 0. The molecule has 0 aliphatic heterocycles. The summed E-state index contributed by atoms with van der Waals surface area (Å²) in [5.74, 6) is 0.581. The number of rotatable bonds is 6. The van der Waals surface area contributed by atoms with E-state index in [4.69, 9.17) is 0 Å². The Morgan fingerprint density at radius 2 is 1.86 bits per heavy atom. The van der Waals surface area contributed by atoms with Crippen molar-refractivity contribution in [3.05, 3.63) is 93.3 Å². The van der Waals surface area contributed by atoms with Gasteiger partial charge in [-0.3, -0.25) is 4.79 Å². The molecule has 0 aliphatic rings. The third kappa shape index (κ3) is 4.12. The van der Waals surface area contributed by atoms with E-state index in [0.717, 1.165) is 29.2 Å². The van der Waals surface area contributed by atoms with Gasteiger partial charge in [0.05, 0.1) is 11.6 Å². The van der Waals surface area contributed by atoms with E-state index >= 15 is 0 Å². The molecule has 2 aromatic carbocycles. The lowest BCUT2D eigenvalue weighted by Gasteiger charge is -2.23. The zero-order valence-electron chi connectivity index (χ0n) is 16.4. The molecule has 0 fully saturated rings. The molecule has 6 heteroatoms. The van der Waals surface area contributed by atoms with Crippen molar-refractivity contribution in [2.45, 2.75) is 20.4 Å². The van der Waals surface area contributed by atoms with Gasteiger partial charge in [-0.25, -0.2) is 4.98 Å². The summed E-state index contributed by atoms with van der Waals surface area (Å²) in [6.45, 7) is 5.74. The molecule has 4 rings (SSSR count). The van der Waals surface area contributed by atoms with Gasteiger partial charge < -0.3 is 4.90 Å². The first-order valence-corrected chi connectivity index (χ1v) is 10.4. The largest absolute Gasteiger partial charge is 0.367 e. The third-order valence-corrected chi connectivity index (χ3v) is 5.62. The van der Waals surface area contributed by atoms with Crippen LogP contribution in [0.2, 0.25) is 0 Å². The lowest BCUT2D eigenvalue weighted by atomic mass is 10.1. The first-order chi connectivity index (χ1) is 14.2. The number of aromatic nitrogens is 2. The summed E-state index contributed by atoms with van der Waals surface area (Å²) in [6, 6.07) is 20.4. The van der Waals surface area contributed by atoms with Gasteiger partial charge in [0.1, 0.15) is 10.7 Å². The monoisotopic (exact) mass is 402 g/mol. The molecule has 2 heterocycles. The van der Waals surface area contributed by atoms with Gasteiger partial charge >= 0.3 is 0 Å². The topological polar surface area (TPSA) is 50.5 Å². The summed E-state index contributed by atoms with van der Waals surface area (Å²) in [5.41, 5.74) is 3.23. The van der Waals surface area contributed by atoms with E-state index in [0.29, 0.717) is 11.2 Å². The first kappa shape index (κ1) is 19.1. The Kier molecular flexibility index (Phi) is 5.53. The molecule has 0 unspecified atom stereocenters. The molecule has 0 bridgehead atoms. The highest BCUT2D eigenvalue weighted by atomic mass is 32.1. The Hall–Kier alpha value is -3.25. The molecule has 0 spiro atoms. The van der Waals surface area contributed by atoms with Crippen molar-refractivity contribution in [1.82, 2.24) is 9.66 Å². The van der Waals surface area contributed by atoms with E-state index < -0.39 is 0 Å². The van der Waals surface area contributed by atoms with Crippen molar-refractivity contribution in [3.63, 3.8) is 0 Å². The van der Waals surface area contributed by atoms with E-state index in [1.54, 1.807) is 19.2 Å². The van der Waals surface area contributed by atoms with Crippen LogP contribution < -0.4 is 10.5 Å². The highest BCUT2D eigenvalue weighted by Crippen LogP contribution is 2.18. The molecule has 0 radical (unpaired) electrons. The number of anilines is 1. The average molecular weight is 403 g/mol. The zero-order chi connectivity index (χ0) is 20.2. The Balaban J connectivity index is 1.54. The van der Waals surface area contributed by atoms with E-state index in [9.17, 15) is 4.79 Å². The lowest BCUT2D eigenvalue weighted by Crippen LogP contribution is -2.21. The molecule has 2 aromatic heterocycles. The summed E-state index contributed by atoms with van der Waals surface area (Å²) >= 11 is 1.46. The van der Waals surface area contributed by atoms with Crippen LogP contribution in [0.1, 0.15) is 23.9 Å². The fourth-order valence-corrected chi connectivity index (χ4v) is 4.03. The number of hydrogen-bond donors (Lipinski definition) is 0. The molecule has 0 amide bonds. The number of hydrogen-bond acceptors (Lipinski definition) is 5. The van der Waals surface area contributed by atoms with Gasteiger partial charge in [0.15, 0.2) is 0 Å². The minimum Gasteiger partial charge on any atom is -0.367 e. The SMILES string of the molecule is CCN(Cc1ccccc1)c1ccc(C=Nn2c(C)nc3sccc3c2=O)cc1. The van der Waals surface area contributed by atoms with Crippen LogP contribution in [0.4, 0.5) is 5.69 Å². The predicted molar refractivity (Wildman–Crippen MR) is 121 cm³/mol.